The number of terminal acetylenes is 1. The number of aliphatic imine (C=N–C) groups is 1. The molecule has 2 N–H and O–H groups in total. The SMILES string of the molecule is C#CCNC(=NCc1ccccc1OC)NCC.I. The van der Waals surface area contributed by atoms with Gasteiger partial charge in [-0.25, -0.2) is 4.99 Å². The number of hydrogen-bond acceptors (Lipinski definition) is 2. The van der Waals surface area contributed by atoms with Gasteiger partial charge in [-0.3, -0.25) is 0 Å². The van der Waals surface area contributed by atoms with Crippen molar-refractivity contribution < 1.29 is 4.74 Å². The number of benzene rings is 1. The minimum atomic E-state index is 0. The van der Waals surface area contributed by atoms with Crippen LogP contribution >= 0.6 is 24.0 Å². The Kier molecular flexibility index (Phi) is 9.71. The molecule has 0 fully saturated rings. The van der Waals surface area contributed by atoms with Crippen LogP contribution in [-0.2, 0) is 6.54 Å². The van der Waals surface area contributed by atoms with Crippen LogP contribution in [0.15, 0.2) is 29.3 Å². The quantitative estimate of drug-likeness (QED) is 0.359. The Morgan fingerprint density at radius 2 is 2.11 bits per heavy atom. The normalized spacial score (nSPS) is 10.1. The van der Waals surface area contributed by atoms with E-state index in [1.807, 2.05) is 31.2 Å². The lowest BCUT2D eigenvalue weighted by atomic mass is 10.2. The Morgan fingerprint density at radius 3 is 2.74 bits per heavy atom. The van der Waals surface area contributed by atoms with Gasteiger partial charge in [0.1, 0.15) is 5.75 Å². The smallest absolute Gasteiger partial charge is 0.192 e. The molecule has 0 aliphatic rings. The number of hydrogen-bond donors (Lipinski definition) is 2. The fourth-order valence-electron chi connectivity index (χ4n) is 1.47. The summed E-state index contributed by atoms with van der Waals surface area (Å²) in [6, 6.07) is 7.82. The molecule has 0 aliphatic carbocycles. The minimum Gasteiger partial charge on any atom is -0.496 e. The van der Waals surface area contributed by atoms with Crippen LogP contribution in [0.2, 0.25) is 0 Å². The number of rotatable bonds is 5. The summed E-state index contributed by atoms with van der Waals surface area (Å²) in [5, 5.41) is 6.17. The fraction of sp³-hybridized carbons (Fsp3) is 0.357. The van der Waals surface area contributed by atoms with Crippen molar-refractivity contribution >= 4 is 29.9 Å². The molecule has 1 aromatic carbocycles. The number of ether oxygens (including phenoxy) is 1. The fourth-order valence-corrected chi connectivity index (χ4v) is 1.47. The van der Waals surface area contributed by atoms with Crippen molar-refractivity contribution in [3.8, 4) is 18.1 Å². The average Bonchev–Trinajstić information content (AvgIpc) is 2.42. The first-order valence-corrected chi connectivity index (χ1v) is 5.89. The van der Waals surface area contributed by atoms with Gasteiger partial charge in [0.25, 0.3) is 0 Å². The first kappa shape index (κ1) is 17.6. The van der Waals surface area contributed by atoms with Gasteiger partial charge >= 0.3 is 0 Å². The zero-order chi connectivity index (χ0) is 13.2. The number of nitrogens with zero attached hydrogens (tertiary/aromatic N) is 1. The summed E-state index contributed by atoms with van der Waals surface area (Å²) >= 11 is 0. The van der Waals surface area contributed by atoms with Crippen LogP contribution in [0.3, 0.4) is 0 Å². The van der Waals surface area contributed by atoms with Crippen LogP contribution in [0.1, 0.15) is 12.5 Å². The highest BCUT2D eigenvalue weighted by Gasteiger charge is 2.01. The Bertz CT molecular complexity index is 441. The summed E-state index contributed by atoms with van der Waals surface area (Å²) < 4.78 is 5.28. The van der Waals surface area contributed by atoms with Crippen LogP contribution in [0.4, 0.5) is 0 Å². The summed E-state index contributed by atoms with van der Waals surface area (Å²) in [6.45, 7) is 3.81. The largest absolute Gasteiger partial charge is 0.496 e. The molecule has 5 heteroatoms. The lowest BCUT2D eigenvalue weighted by Crippen LogP contribution is -2.37. The van der Waals surface area contributed by atoms with Crippen molar-refractivity contribution in [2.24, 2.45) is 4.99 Å². The van der Waals surface area contributed by atoms with E-state index < -0.39 is 0 Å². The van der Waals surface area contributed by atoms with Gasteiger partial charge in [0.05, 0.1) is 20.2 Å². The molecule has 1 aromatic rings. The highest BCUT2D eigenvalue weighted by Crippen LogP contribution is 2.17. The van der Waals surface area contributed by atoms with E-state index in [-0.39, 0.29) is 24.0 Å². The van der Waals surface area contributed by atoms with Crippen molar-refractivity contribution in [3.05, 3.63) is 29.8 Å². The van der Waals surface area contributed by atoms with Crippen molar-refractivity contribution in [3.63, 3.8) is 0 Å². The van der Waals surface area contributed by atoms with Crippen LogP contribution in [-0.4, -0.2) is 26.2 Å². The van der Waals surface area contributed by atoms with Crippen molar-refractivity contribution in [2.45, 2.75) is 13.5 Å². The predicted molar refractivity (Wildman–Crippen MR) is 90.1 cm³/mol. The standard InChI is InChI=1S/C14H19N3O.HI/c1-4-10-16-14(15-5-2)17-11-12-8-6-7-9-13(12)18-3;/h1,6-9H,5,10-11H2,2-3H3,(H2,15,16,17);1H. The second-order valence-electron chi connectivity index (χ2n) is 3.56. The van der Waals surface area contributed by atoms with Crippen LogP contribution < -0.4 is 15.4 Å². The van der Waals surface area contributed by atoms with Gasteiger partial charge in [0.2, 0.25) is 0 Å². The van der Waals surface area contributed by atoms with E-state index >= 15 is 0 Å². The maximum absolute atomic E-state index is 5.28. The molecular formula is C14H20IN3O. The number of para-hydroxylation sites is 1. The summed E-state index contributed by atoms with van der Waals surface area (Å²) in [6.07, 6.45) is 5.21. The molecule has 104 valence electrons. The molecule has 0 spiro atoms. The molecule has 0 unspecified atom stereocenters. The van der Waals surface area contributed by atoms with Crippen LogP contribution in [0, 0.1) is 12.3 Å². The summed E-state index contributed by atoms with van der Waals surface area (Å²) in [5.74, 6) is 4.07. The molecule has 0 amide bonds. The predicted octanol–water partition coefficient (Wildman–Crippen LogP) is 2.00. The molecule has 0 bridgehead atoms. The summed E-state index contributed by atoms with van der Waals surface area (Å²) in [5.41, 5.74) is 1.04. The maximum Gasteiger partial charge on any atom is 0.192 e. The molecule has 0 heterocycles. The van der Waals surface area contributed by atoms with Gasteiger partial charge in [0, 0.05) is 12.1 Å². The lowest BCUT2D eigenvalue weighted by Gasteiger charge is -2.10. The van der Waals surface area contributed by atoms with E-state index in [9.17, 15) is 0 Å². The van der Waals surface area contributed by atoms with E-state index in [1.165, 1.54) is 0 Å². The van der Waals surface area contributed by atoms with E-state index in [4.69, 9.17) is 11.2 Å². The summed E-state index contributed by atoms with van der Waals surface area (Å²) in [7, 11) is 1.66. The lowest BCUT2D eigenvalue weighted by molar-refractivity contribution is 0.410. The highest BCUT2D eigenvalue weighted by molar-refractivity contribution is 14.0. The Balaban J connectivity index is 0.00000324. The highest BCUT2D eigenvalue weighted by atomic mass is 127. The van der Waals surface area contributed by atoms with E-state index in [0.717, 1.165) is 17.9 Å². The zero-order valence-corrected chi connectivity index (χ0v) is 13.6. The molecule has 0 aliphatic heterocycles. The minimum absolute atomic E-state index is 0. The number of halogens is 1. The average molecular weight is 373 g/mol. The third kappa shape index (κ3) is 6.34. The third-order valence-electron chi connectivity index (χ3n) is 2.30. The number of nitrogens with one attached hydrogen (secondary N) is 2. The number of methoxy groups -OCH3 is 1. The Hall–Kier alpha value is -1.42. The topological polar surface area (TPSA) is 45.7 Å². The van der Waals surface area contributed by atoms with Gasteiger partial charge in [-0.1, -0.05) is 24.1 Å². The first-order valence-electron chi connectivity index (χ1n) is 5.89. The molecule has 0 aromatic heterocycles. The van der Waals surface area contributed by atoms with Crippen LogP contribution in [0.25, 0.3) is 0 Å². The Morgan fingerprint density at radius 1 is 1.37 bits per heavy atom. The van der Waals surface area contributed by atoms with Crippen molar-refractivity contribution in [2.75, 3.05) is 20.2 Å². The second-order valence-corrected chi connectivity index (χ2v) is 3.56. The van der Waals surface area contributed by atoms with Crippen LogP contribution in [0.5, 0.6) is 5.75 Å². The van der Waals surface area contributed by atoms with Crippen molar-refractivity contribution in [1.82, 2.24) is 10.6 Å². The van der Waals surface area contributed by atoms with Gasteiger partial charge in [-0.15, -0.1) is 30.4 Å². The molecule has 4 nitrogen and oxygen atoms in total. The monoisotopic (exact) mass is 373 g/mol. The first-order chi connectivity index (χ1) is 8.81. The second kappa shape index (κ2) is 10.5. The zero-order valence-electron chi connectivity index (χ0n) is 11.3. The molecule has 0 atom stereocenters. The van der Waals surface area contributed by atoms with Gasteiger partial charge < -0.3 is 15.4 Å². The molecule has 19 heavy (non-hydrogen) atoms. The van der Waals surface area contributed by atoms with Gasteiger partial charge in [0.15, 0.2) is 5.96 Å². The number of guanidine groups is 1. The Labute approximate surface area is 132 Å². The van der Waals surface area contributed by atoms with E-state index in [2.05, 4.69) is 21.5 Å². The van der Waals surface area contributed by atoms with E-state index in [0.29, 0.717) is 19.0 Å². The maximum atomic E-state index is 5.28. The molecule has 0 saturated heterocycles. The van der Waals surface area contributed by atoms with Crippen molar-refractivity contribution in [1.29, 1.82) is 0 Å². The molecular weight excluding hydrogens is 353 g/mol. The van der Waals surface area contributed by atoms with E-state index in [1.54, 1.807) is 7.11 Å². The molecule has 0 saturated carbocycles. The summed E-state index contributed by atoms with van der Waals surface area (Å²) in [4.78, 5) is 4.45. The van der Waals surface area contributed by atoms with Gasteiger partial charge in [-0.05, 0) is 13.0 Å². The molecule has 0 radical (unpaired) electrons. The third-order valence-corrected chi connectivity index (χ3v) is 2.30. The van der Waals surface area contributed by atoms with Gasteiger partial charge in [-0.2, -0.15) is 0 Å². The molecule has 1 rings (SSSR count).